The Labute approximate surface area is 119 Å². The summed E-state index contributed by atoms with van der Waals surface area (Å²) >= 11 is 0. The number of halogens is 3. The van der Waals surface area contributed by atoms with Gasteiger partial charge < -0.3 is 10.1 Å². The van der Waals surface area contributed by atoms with E-state index >= 15 is 0 Å². The van der Waals surface area contributed by atoms with Gasteiger partial charge in [0.1, 0.15) is 0 Å². The topological polar surface area (TPSA) is 21.3 Å². The quantitative estimate of drug-likeness (QED) is 0.798. The average molecular weight is 293 g/mol. The SMILES string of the molecule is CCC1CCC(CNC2CC2)(OC(C)C(F)(F)F)CC1. The summed E-state index contributed by atoms with van der Waals surface area (Å²) in [4.78, 5) is 0. The van der Waals surface area contributed by atoms with E-state index in [-0.39, 0.29) is 0 Å². The van der Waals surface area contributed by atoms with E-state index in [2.05, 4.69) is 12.2 Å². The minimum Gasteiger partial charge on any atom is -0.361 e. The second-order valence-corrected chi connectivity index (χ2v) is 6.49. The van der Waals surface area contributed by atoms with E-state index in [1.807, 2.05) is 0 Å². The van der Waals surface area contributed by atoms with Gasteiger partial charge in [-0.1, -0.05) is 13.3 Å². The monoisotopic (exact) mass is 293 g/mol. The molecule has 5 heteroatoms. The highest BCUT2D eigenvalue weighted by atomic mass is 19.4. The summed E-state index contributed by atoms with van der Waals surface area (Å²) in [6.07, 6.45) is 0.889. The second kappa shape index (κ2) is 6.22. The molecule has 0 bridgehead atoms. The molecule has 2 aliphatic rings. The molecular weight excluding hydrogens is 267 g/mol. The maximum Gasteiger partial charge on any atom is 0.414 e. The summed E-state index contributed by atoms with van der Waals surface area (Å²) < 4.78 is 43.9. The Balaban J connectivity index is 1.96. The van der Waals surface area contributed by atoms with Crippen LogP contribution in [0.15, 0.2) is 0 Å². The van der Waals surface area contributed by atoms with Crippen LogP contribution in [-0.4, -0.2) is 30.5 Å². The lowest BCUT2D eigenvalue weighted by Crippen LogP contribution is -2.50. The number of hydrogen-bond donors (Lipinski definition) is 1. The fraction of sp³-hybridized carbons (Fsp3) is 1.00. The van der Waals surface area contributed by atoms with Gasteiger partial charge in [-0.05, 0) is 51.4 Å². The van der Waals surface area contributed by atoms with Crippen molar-refractivity contribution in [1.29, 1.82) is 0 Å². The van der Waals surface area contributed by atoms with Crippen molar-refractivity contribution in [2.45, 2.75) is 82.7 Å². The van der Waals surface area contributed by atoms with Crippen molar-refractivity contribution in [3.8, 4) is 0 Å². The van der Waals surface area contributed by atoms with Crippen molar-refractivity contribution in [1.82, 2.24) is 5.32 Å². The normalized spacial score (nSPS) is 33.1. The molecule has 20 heavy (non-hydrogen) atoms. The van der Waals surface area contributed by atoms with Crippen LogP contribution in [0.3, 0.4) is 0 Å². The van der Waals surface area contributed by atoms with Crippen molar-refractivity contribution in [2.75, 3.05) is 6.54 Å². The molecule has 0 aromatic heterocycles. The summed E-state index contributed by atoms with van der Waals surface area (Å²) in [7, 11) is 0. The van der Waals surface area contributed by atoms with E-state index in [4.69, 9.17) is 4.74 Å². The smallest absolute Gasteiger partial charge is 0.361 e. The maximum atomic E-state index is 12.8. The highest BCUT2D eigenvalue weighted by molar-refractivity contribution is 4.93. The molecule has 0 amide bonds. The summed E-state index contributed by atoms with van der Waals surface area (Å²) in [5, 5.41) is 3.36. The van der Waals surface area contributed by atoms with E-state index in [1.165, 1.54) is 0 Å². The van der Waals surface area contributed by atoms with Gasteiger partial charge in [-0.2, -0.15) is 13.2 Å². The van der Waals surface area contributed by atoms with Crippen LogP contribution in [0.4, 0.5) is 13.2 Å². The minimum atomic E-state index is -4.27. The largest absolute Gasteiger partial charge is 0.414 e. The standard InChI is InChI=1S/C15H26F3NO/c1-3-12-6-8-14(9-7-12,10-19-13-4-5-13)20-11(2)15(16,17)18/h11-13,19H,3-10H2,1-2H3. The van der Waals surface area contributed by atoms with E-state index in [9.17, 15) is 13.2 Å². The molecule has 0 radical (unpaired) electrons. The van der Waals surface area contributed by atoms with Crippen molar-refractivity contribution in [3.63, 3.8) is 0 Å². The molecule has 2 nitrogen and oxygen atoms in total. The summed E-state index contributed by atoms with van der Waals surface area (Å²) in [5.74, 6) is 0.647. The van der Waals surface area contributed by atoms with Crippen LogP contribution in [0, 0.1) is 5.92 Å². The zero-order valence-corrected chi connectivity index (χ0v) is 12.4. The van der Waals surface area contributed by atoms with E-state index in [1.54, 1.807) is 0 Å². The lowest BCUT2D eigenvalue weighted by molar-refractivity contribution is -0.252. The molecule has 1 N–H and O–H groups in total. The van der Waals surface area contributed by atoms with Crippen LogP contribution >= 0.6 is 0 Å². The van der Waals surface area contributed by atoms with Gasteiger partial charge in [-0.25, -0.2) is 0 Å². The Bertz CT molecular complexity index is 307. The molecule has 2 rings (SSSR count). The molecule has 0 aromatic rings. The third kappa shape index (κ3) is 4.35. The van der Waals surface area contributed by atoms with Gasteiger partial charge in [0.2, 0.25) is 0 Å². The predicted octanol–water partition coefficient (Wildman–Crippen LogP) is 4.04. The first-order valence-electron chi connectivity index (χ1n) is 7.82. The van der Waals surface area contributed by atoms with Crippen LogP contribution in [0.2, 0.25) is 0 Å². The summed E-state index contributed by atoms with van der Waals surface area (Å²) in [5.41, 5.74) is -0.622. The number of ether oxygens (including phenoxy) is 1. The fourth-order valence-corrected chi connectivity index (χ4v) is 3.01. The van der Waals surface area contributed by atoms with Crippen LogP contribution < -0.4 is 5.32 Å². The van der Waals surface area contributed by atoms with Gasteiger partial charge in [0.05, 0.1) is 5.60 Å². The molecule has 0 aromatic carbocycles. The molecule has 2 aliphatic carbocycles. The van der Waals surface area contributed by atoms with Gasteiger partial charge in [0.15, 0.2) is 6.10 Å². The lowest BCUT2D eigenvalue weighted by atomic mass is 9.77. The summed E-state index contributed by atoms with van der Waals surface area (Å²) in [6, 6.07) is 0.501. The zero-order valence-electron chi connectivity index (χ0n) is 12.4. The van der Waals surface area contributed by atoms with Gasteiger partial charge in [-0.3, -0.25) is 0 Å². The number of rotatable bonds is 6. The van der Waals surface area contributed by atoms with Gasteiger partial charge in [0, 0.05) is 12.6 Å². The van der Waals surface area contributed by atoms with Gasteiger partial charge in [0.25, 0.3) is 0 Å². The Morgan fingerprint density at radius 3 is 2.25 bits per heavy atom. The third-order valence-electron chi connectivity index (χ3n) is 4.77. The Kier molecular flexibility index (Phi) is 5.00. The van der Waals surface area contributed by atoms with Crippen LogP contribution in [0.5, 0.6) is 0 Å². The second-order valence-electron chi connectivity index (χ2n) is 6.49. The minimum absolute atomic E-state index is 0.501. The van der Waals surface area contributed by atoms with Crippen molar-refractivity contribution in [2.24, 2.45) is 5.92 Å². The van der Waals surface area contributed by atoms with Crippen molar-refractivity contribution >= 4 is 0 Å². The maximum absolute atomic E-state index is 12.8. The van der Waals surface area contributed by atoms with Crippen molar-refractivity contribution < 1.29 is 17.9 Å². The molecule has 0 saturated heterocycles. The zero-order chi connectivity index (χ0) is 14.8. The molecule has 2 saturated carbocycles. The summed E-state index contributed by atoms with van der Waals surface area (Å²) in [6.45, 7) is 3.85. The molecular formula is C15H26F3NO. The molecule has 0 spiro atoms. The Morgan fingerprint density at radius 1 is 1.20 bits per heavy atom. The third-order valence-corrected chi connectivity index (χ3v) is 4.77. The van der Waals surface area contributed by atoms with Crippen molar-refractivity contribution in [3.05, 3.63) is 0 Å². The van der Waals surface area contributed by atoms with Gasteiger partial charge >= 0.3 is 6.18 Å². The fourth-order valence-electron chi connectivity index (χ4n) is 3.01. The number of alkyl halides is 3. The molecule has 0 heterocycles. The molecule has 118 valence electrons. The molecule has 1 unspecified atom stereocenters. The van der Waals surface area contributed by atoms with E-state index in [0.29, 0.717) is 18.5 Å². The van der Waals surface area contributed by atoms with Crippen LogP contribution in [-0.2, 0) is 4.74 Å². The number of hydrogen-bond acceptors (Lipinski definition) is 2. The Hall–Kier alpha value is -0.290. The molecule has 0 aliphatic heterocycles. The highest BCUT2D eigenvalue weighted by Gasteiger charge is 2.45. The van der Waals surface area contributed by atoms with Crippen LogP contribution in [0.25, 0.3) is 0 Å². The van der Waals surface area contributed by atoms with E-state index < -0.39 is 17.9 Å². The predicted molar refractivity (Wildman–Crippen MR) is 72.6 cm³/mol. The van der Waals surface area contributed by atoms with Crippen LogP contribution in [0.1, 0.15) is 58.8 Å². The lowest BCUT2D eigenvalue weighted by Gasteiger charge is -2.42. The molecule has 1 atom stereocenters. The van der Waals surface area contributed by atoms with E-state index in [0.717, 1.165) is 51.9 Å². The highest BCUT2D eigenvalue weighted by Crippen LogP contribution is 2.39. The van der Waals surface area contributed by atoms with Gasteiger partial charge in [-0.15, -0.1) is 0 Å². The molecule has 2 fully saturated rings. The first-order chi connectivity index (χ1) is 9.35. The average Bonchev–Trinajstić information content (AvgIpc) is 3.20. The first kappa shape index (κ1) is 16.1. The first-order valence-corrected chi connectivity index (χ1v) is 7.82. The Morgan fingerprint density at radius 2 is 1.80 bits per heavy atom. The number of nitrogens with one attached hydrogen (secondary N) is 1.